The number of carbonyl (C=O) groups is 1. The molecular weight excluding hydrogens is 304 g/mol. The molecule has 0 saturated carbocycles. The van der Waals surface area contributed by atoms with E-state index in [0.29, 0.717) is 25.7 Å². The SMILES string of the molecule is CN(CC(O)c1ccccc1)C1CCN(C(=O)OC(C)(C)C)CC1. The third-order valence-electron chi connectivity index (χ3n) is 4.38. The number of aliphatic hydroxyl groups excluding tert-OH is 1. The highest BCUT2D eigenvalue weighted by atomic mass is 16.6. The van der Waals surface area contributed by atoms with Gasteiger partial charge in [0.1, 0.15) is 5.60 Å². The van der Waals surface area contributed by atoms with Crippen LogP contribution in [-0.2, 0) is 4.74 Å². The Morgan fingerprint density at radius 1 is 1.29 bits per heavy atom. The molecule has 134 valence electrons. The Balaban J connectivity index is 1.80. The molecule has 1 atom stereocenters. The van der Waals surface area contributed by atoms with Gasteiger partial charge in [-0.15, -0.1) is 0 Å². The van der Waals surface area contributed by atoms with Crippen molar-refractivity contribution in [2.75, 3.05) is 26.7 Å². The molecular formula is C19H30N2O3. The molecule has 0 aliphatic carbocycles. The highest BCUT2D eigenvalue weighted by Crippen LogP contribution is 2.21. The molecule has 1 N–H and O–H groups in total. The molecule has 1 heterocycles. The summed E-state index contributed by atoms with van der Waals surface area (Å²) < 4.78 is 5.43. The summed E-state index contributed by atoms with van der Waals surface area (Å²) in [6.45, 7) is 7.65. The first kappa shape index (κ1) is 18.7. The number of nitrogens with zero attached hydrogens (tertiary/aromatic N) is 2. The molecule has 0 aromatic heterocycles. The number of ether oxygens (including phenoxy) is 1. The van der Waals surface area contributed by atoms with Crippen LogP contribution in [0.3, 0.4) is 0 Å². The number of likely N-dealkylation sites (tertiary alicyclic amines) is 1. The van der Waals surface area contributed by atoms with E-state index in [1.165, 1.54) is 0 Å². The summed E-state index contributed by atoms with van der Waals surface area (Å²) >= 11 is 0. The summed E-state index contributed by atoms with van der Waals surface area (Å²) in [6, 6.07) is 10.1. The summed E-state index contributed by atoms with van der Waals surface area (Å²) in [5.41, 5.74) is 0.486. The fourth-order valence-corrected chi connectivity index (χ4v) is 3.02. The lowest BCUT2D eigenvalue weighted by Crippen LogP contribution is -2.47. The fourth-order valence-electron chi connectivity index (χ4n) is 3.02. The highest BCUT2D eigenvalue weighted by molar-refractivity contribution is 5.68. The number of hydrogen-bond donors (Lipinski definition) is 1. The van der Waals surface area contributed by atoms with Gasteiger partial charge in [0.25, 0.3) is 0 Å². The molecule has 5 nitrogen and oxygen atoms in total. The molecule has 1 aliphatic rings. The second-order valence-corrected chi connectivity index (χ2v) is 7.56. The number of carbonyl (C=O) groups excluding carboxylic acids is 1. The predicted octanol–water partition coefficient (Wildman–Crippen LogP) is 3.05. The summed E-state index contributed by atoms with van der Waals surface area (Å²) in [5, 5.41) is 10.4. The van der Waals surface area contributed by atoms with Gasteiger partial charge in [-0.25, -0.2) is 4.79 Å². The standard InChI is InChI=1S/C19H30N2O3/c1-19(2,3)24-18(23)21-12-10-16(11-13-21)20(4)14-17(22)15-8-6-5-7-9-15/h5-9,16-17,22H,10-14H2,1-4H3. The van der Waals surface area contributed by atoms with Crippen LogP contribution in [0.2, 0.25) is 0 Å². The Labute approximate surface area is 145 Å². The number of rotatable bonds is 4. The topological polar surface area (TPSA) is 53.0 Å². The van der Waals surface area contributed by atoms with Gasteiger partial charge in [-0.3, -0.25) is 0 Å². The average molecular weight is 334 g/mol. The predicted molar refractivity (Wildman–Crippen MR) is 94.9 cm³/mol. The molecule has 1 unspecified atom stereocenters. The van der Waals surface area contributed by atoms with Gasteiger partial charge in [0.05, 0.1) is 6.10 Å². The Morgan fingerprint density at radius 2 is 1.88 bits per heavy atom. The Kier molecular flexibility index (Phi) is 6.24. The van der Waals surface area contributed by atoms with Gasteiger partial charge in [-0.1, -0.05) is 30.3 Å². The maximum atomic E-state index is 12.1. The lowest BCUT2D eigenvalue weighted by atomic mass is 10.0. The lowest BCUT2D eigenvalue weighted by Gasteiger charge is -2.37. The van der Waals surface area contributed by atoms with Gasteiger partial charge in [-0.05, 0) is 46.2 Å². The summed E-state index contributed by atoms with van der Waals surface area (Å²) in [4.78, 5) is 16.1. The third kappa shape index (κ3) is 5.49. The number of benzene rings is 1. The molecule has 1 aromatic carbocycles. The summed E-state index contributed by atoms with van der Waals surface area (Å²) in [6.07, 6.45) is 1.09. The van der Waals surface area contributed by atoms with E-state index in [2.05, 4.69) is 4.90 Å². The van der Waals surface area contributed by atoms with E-state index in [-0.39, 0.29) is 6.09 Å². The quantitative estimate of drug-likeness (QED) is 0.919. The molecule has 2 rings (SSSR count). The molecule has 1 fully saturated rings. The largest absolute Gasteiger partial charge is 0.444 e. The first-order valence-electron chi connectivity index (χ1n) is 8.67. The molecule has 1 aromatic rings. The Bertz CT molecular complexity index is 519. The van der Waals surface area contributed by atoms with Crippen LogP contribution in [0.5, 0.6) is 0 Å². The molecule has 24 heavy (non-hydrogen) atoms. The normalized spacial score (nSPS) is 17.8. The molecule has 1 saturated heterocycles. The summed E-state index contributed by atoms with van der Waals surface area (Å²) in [5.74, 6) is 0. The second-order valence-electron chi connectivity index (χ2n) is 7.56. The smallest absolute Gasteiger partial charge is 0.410 e. The maximum absolute atomic E-state index is 12.1. The zero-order valence-corrected chi connectivity index (χ0v) is 15.2. The molecule has 0 radical (unpaired) electrons. The average Bonchev–Trinajstić information content (AvgIpc) is 2.54. The van der Waals surface area contributed by atoms with E-state index in [1.54, 1.807) is 4.90 Å². The van der Waals surface area contributed by atoms with Crippen molar-refractivity contribution >= 4 is 6.09 Å². The number of hydrogen-bond acceptors (Lipinski definition) is 4. The van der Waals surface area contributed by atoms with Crippen molar-refractivity contribution in [1.29, 1.82) is 0 Å². The van der Waals surface area contributed by atoms with Crippen molar-refractivity contribution in [3.05, 3.63) is 35.9 Å². The van der Waals surface area contributed by atoms with Crippen molar-refractivity contribution in [1.82, 2.24) is 9.80 Å². The lowest BCUT2D eigenvalue weighted by molar-refractivity contribution is 0.0128. The molecule has 1 amide bonds. The molecule has 5 heteroatoms. The van der Waals surface area contributed by atoms with Gasteiger partial charge in [0, 0.05) is 25.7 Å². The van der Waals surface area contributed by atoms with Crippen molar-refractivity contribution < 1.29 is 14.6 Å². The number of likely N-dealkylation sites (N-methyl/N-ethyl adjacent to an activating group) is 1. The van der Waals surface area contributed by atoms with Crippen LogP contribution < -0.4 is 0 Å². The van der Waals surface area contributed by atoms with Crippen LogP contribution in [0.1, 0.15) is 45.3 Å². The van der Waals surface area contributed by atoms with E-state index in [4.69, 9.17) is 4.74 Å². The third-order valence-corrected chi connectivity index (χ3v) is 4.38. The van der Waals surface area contributed by atoms with E-state index in [0.717, 1.165) is 18.4 Å². The minimum Gasteiger partial charge on any atom is -0.444 e. The first-order chi connectivity index (χ1) is 11.3. The number of aliphatic hydroxyl groups is 1. The monoisotopic (exact) mass is 334 g/mol. The van der Waals surface area contributed by atoms with Crippen molar-refractivity contribution in [3.63, 3.8) is 0 Å². The van der Waals surface area contributed by atoms with Crippen LogP contribution in [-0.4, -0.2) is 59.3 Å². The van der Waals surface area contributed by atoms with Crippen molar-refractivity contribution in [2.45, 2.75) is 51.4 Å². The zero-order chi connectivity index (χ0) is 17.7. The van der Waals surface area contributed by atoms with Gasteiger partial charge >= 0.3 is 6.09 Å². The first-order valence-corrected chi connectivity index (χ1v) is 8.67. The van der Waals surface area contributed by atoms with Gasteiger partial charge in [0.2, 0.25) is 0 Å². The van der Waals surface area contributed by atoms with E-state index >= 15 is 0 Å². The van der Waals surface area contributed by atoms with Crippen LogP contribution in [0.25, 0.3) is 0 Å². The van der Waals surface area contributed by atoms with Crippen molar-refractivity contribution in [2.24, 2.45) is 0 Å². The van der Waals surface area contributed by atoms with E-state index < -0.39 is 11.7 Å². The van der Waals surface area contributed by atoms with Crippen LogP contribution in [0.4, 0.5) is 4.79 Å². The molecule has 1 aliphatic heterocycles. The van der Waals surface area contributed by atoms with Crippen molar-refractivity contribution in [3.8, 4) is 0 Å². The van der Waals surface area contributed by atoms with E-state index in [9.17, 15) is 9.90 Å². The Morgan fingerprint density at radius 3 is 2.42 bits per heavy atom. The minimum atomic E-state index is -0.486. The number of piperidine rings is 1. The van der Waals surface area contributed by atoms with Gasteiger partial charge < -0.3 is 19.6 Å². The van der Waals surface area contributed by atoms with Gasteiger partial charge in [0.15, 0.2) is 0 Å². The molecule has 0 bridgehead atoms. The second kappa shape index (κ2) is 7.99. The van der Waals surface area contributed by atoms with Gasteiger partial charge in [-0.2, -0.15) is 0 Å². The number of amides is 1. The zero-order valence-electron chi connectivity index (χ0n) is 15.2. The van der Waals surface area contributed by atoms with Crippen LogP contribution >= 0.6 is 0 Å². The Hall–Kier alpha value is -1.59. The highest BCUT2D eigenvalue weighted by Gasteiger charge is 2.29. The van der Waals surface area contributed by atoms with E-state index in [1.807, 2.05) is 58.2 Å². The minimum absolute atomic E-state index is 0.229. The molecule has 0 spiro atoms. The fraction of sp³-hybridized carbons (Fsp3) is 0.632. The summed E-state index contributed by atoms with van der Waals surface area (Å²) in [7, 11) is 2.04. The van der Waals surface area contributed by atoms with Crippen LogP contribution in [0.15, 0.2) is 30.3 Å². The van der Waals surface area contributed by atoms with Crippen LogP contribution in [0, 0.1) is 0 Å². The maximum Gasteiger partial charge on any atom is 0.410 e.